The summed E-state index contributed by atoms with van der Waals surface area (Å²) in [4.78, 5) is 13.8. The van der Waals surface area contributed by atoms with Crippen LogP contribution in [0.1, 0.15) is 37.0 Å². The summed E-state index contributed by atoms with van der Waals surface area (Å²) in [7, 11) is -3.64. The molecule has 0 saturated heterocycles. The molecule has 2 heterocycles. The molecule has 0 fully saturated rings. The molecule has 1 aromatic carbocycles. The lowest BCUT2D eigenvalue weighted by atomic mass is 10.1. The Hall–Kier alpha value is -2.22. The molecule has 5 nitrogen and oxygen atoms in total. The fraction of sp³-hybridized carbons (Fsp3) is 0.211. The van der Waals surface area contributed by atoms with E-state index in [1.54, 1.807) is 38.1 Å². The molecular weight excluding hydrogens is 370 g/mol. The Labute approximate surface area is 156 Å². The third-order valence-corrected chi connectivity index (χ3v) is 6.73. The van der Waals surface area contributed by atoms with Crippen molar-refractivity contribution < 1.29 is 17.6 Å². The van der Waals surface area contributed by atoms with E-state index in [-0.39, 0.29) is 18.1 Å². The predicted molar refractivity (Wildman–Crippen MR) is 101 cm³/mol. The van der Waals surface area contributed by atoms with Crippen LogP contribution in [0.5, 0.6) is 0 Å². The Morgan fingerprint density at radius 2 is 1.81 bits per heavy atom. The van der Waals surface area contributed by atoms with Gasteiger partial charge in [-0.2, -0.15) is 0 Å². The van der Waals surface area contributed by atoms with Gasteiger partial charge in [0, 0.05) is 11.4 Å². The zero-order valence-corrected chi connectivity index (χ0v) is 16.3. The van der Waals surface area contributed by atoms with Gasteiger partial charge in [-0.25, -0.2) is 13.1 Å². The lowest BCUT2D eigenvalue weighted by Crippen LogP contribution is -2.24. The summed E-state index contributed by atoms with van der Waals surface area (Å²) in [6, 6.07) is 10.4. The van der Waals surface area contributed by atoms with E-state index < -0.39 is 10.0 Å². The molecule has 0 aliphatic rings. The minimum atomic E-state index is -3.64. The topological polar surface area (TPSA) is 76.4 Å². The van der Waals surface area contributed by atoms with Crippen molar-refractivity contribution in [1.29, 1.82) is 0 Å². The molecule has 7 heteroatoms. The summed E-state index contributed by atoms with van der Waals surface area (Å²) in [6.07, 6.45) is 1.45. The largest absolute Gasteiger partial charge is 0.461 e. The van der Waals surface area contributed by atoms with Crippen molar-refractivity contribution in [3.05, 3.63) is 74.9 Å². The Bertz CT molecular complexity index is 1020. The minimum absolute atomic E-state index is 0.130. The molecule has 0 amide bonds. The van der Waals surface area contributed by atoms with Crippen LogP contribution in [0.25, 0.3) is 0 Å². The Kier molecular flexibility index (Phi) is 5.13. The number of rotatable bonds is 6. The highest BCUT2D eigenvalue weighted by Crippen LogP contribution is 2.24. The van der Waals surface area contributed by atoms with Gasteiger partial charge in [0.05, 0.1) is 16.0 Å². The minimum Gasteiger partial charge on any atom is -0.461 e. The standard InChI is InChI=1S/C19H19NO4S2/c1-12-9-13(2)19(14(3)10-12)26(22,23)20-11-15-6-7-17(25-15)18(21)16-5-4-8-24-16/h4-10,20H,11H2,1-3H3. The molecule has 0 unspecified atom stereocenters. The van der Waals surface area contributed by atoms with Crippen molar-refractivity contribution in [2.75, 3.05) is 0 Å². The van der Waals surface area contributed by atoms with Gasteiger partial charge in [0.1, 0.15) is 0 Å². The first-order chi connectivity index (χ1) is 12.3. The van der Waals surface area contributed by atoms with E-state index in [0.29, 0.717) is 9.77 Å². The number of thiophene rings is 1. The Balaban J connectivity index is 1.76. The molecule has 26 heavy (non-hydrogen) atoms. The Morgan fingerprint density at radius 3 is 2.42 bits per heavy atom. The van der Waals surface area contributed by atoms with Crippen LogP contribution in [-0.2, 0) is 16.6 Å². The van der Waals surface area contributed by atoms with Crippen molar-refractivity contribution in [2.45, 2.75) is 32.2 Å². The fourth-order valence-corrected chi connectivity index (χ4v) is 5.39. The van der Waals surface area contributed by atoms with Crippen molar-refractivity contribution in [2.24, 2.45) is 0 Å². The van der Waals surface area contributed by atoms with Crippen molar-refractivity contribution in [3.8, 4) is 0 Å². The normalized spacial score (nSPS) is 11.7. The molecule has 0 atom stereocenters. The average Bonchev–Trinajstić information content (AvgIpc) is 3.23. The number of aryl methyl sites for hydroxylation is 3. The van der Waals surface area contributed by atoms with Crippen LogP contribution >= 0.6 is 11.3 Å². The van der Waals surface area contributed by atoms with Crippen LogP contribution in [0.3, 0.4) is 0 Å². The molecule has 3 aromatic rings. The average molecular weight is 389 g/mol. The molecule has 0 bridgehead atoms. The van der Waals surface area contributed by atoms with E-state index in [1.165, 1.54) is 17.6 Å². The highest BCUT2D eigenvalue weighted by Gasteiger charge is 2.20. The molecule has 2 aromatic heterocycles. The summed E-state index contributed by atoms with van der Waals surface area (Å²) in [5.74, 6) is 0.0595. The molecular formula is C19H19NO4S2. The second-order valence-electron chi connectivity index (χ2n) is 6.12. The number of hydrogen-bond donors (Lipinski definition) is 1. The summed E-state index contributed by atoms with van der Waals surface area (Å²) in [5.41, 5.74) is 2.46. The van der Waals surface area contributed by atoms with Crippen LogP contribution < -0.4 is 4.72 Å². The quantitative estimate of drug-likeness (QED) is 0.647. The van der Waals surface area contributed by atoms with Crippen LogP contribution in [0.2, 0.25) is 0 Å². The maximum atomic E-state index is 12.7. The van der Waals surface area contributed by atoms with Crippen LogP contribution in [-0.4, -0.2) is 14.2 Å². The highest BCUT2D eigenvalue weighted by molar-refractivity contribution is 7.89. The van der Waals surface area contributed by atoms with Crippen LogP contribution in [0.15, 0.2) is 52.0 Å². The van der Waals surface area contributed by atoms with Gasteiger partial charge in [-0.1, -0.05) is 17.7 Å². The smallest absolute Gasteiger partial charge is 0.241 e. The Morgan fingerprint density at radius 1 is 1.12 bits per heavy atom. The number of hydrogen-bond acceptors (Lipinski definition) is 5. The first-order valence-corrected chi connectivity index (χ1v) is 10.3. The van der Waals surface area contributed by atoms with E-state index in [0.717, 1.165) is 21.6 Å². The zero-order valence-electron chi connectivity index (χ0n) is 14.7. The first-order valence-electron chi connectivity index (χ1n) is 8.02. The van der Waals surface area contributed by atoms with Crippen molar-refractivity contribution >= 4 is 27.1 Å². The van der Waals surface area contributed by atoms with Crippen LogP contribution in [0, 0.1) is 20.8 Å². The van der Waals surface area contributed by atoms with Crippen molar-refractivity contribution in [3.63, 3.8) is 0 Å². The first kappa shape index (κ1) is 18.6. The number of carbonyl (C=O) groups excluding carboxylic acids is 1. The fourth-order valence-electron chi connectivity index (χ4n) is 2.95. The molecule has 0 aliphatic carbocycles. The zero-order chi connectivity index (χ0) is 18.9. The van der Waals surface area contributed by atoms with E-state index in [2.05, 4.69) is 4.72 Å². The maximum absolute atomic E-state index is 12.7. The molecule has 0 saturated carbocycles. The van der Waals surface area contributed by atoms with Gasteiger partial charge < -0.3 is 4.42 Å². The highest BCUT2D eigenvalue weighted by atomic mass is 32.2. The molecule has 0 spiro atoms. The molecule has 3 rings (SSSR count). The number of nitrogens with one attached hydrogen (secondary N) is 1. The molecule has 0 aliphatic heterocycles. The van der Waals surface area contributed by atoms with Crippen molar-refractivity contribution in [1.82, 2.24) is 4.72 Å². The van der Waals surface area contributed by atoms with E-state index in [1.807, 2.05) is 19.1 Å². The third-order valence-electron chi connectivity index (χ3n) is 3.94. The van der Waals surface area contributed by atoms with Gasteiger partial charge in [0.2, 0.25) is 15.8 Å². The molecule has 0 radical (unpaired) electrons. The van der Waals surface area contributed by atoms with E-state index in [9.17, 15) is 13.2 Å². The van der Waals surface area contributed by atoms with Gasteiger partial charge >= 0.3 is 0 Å². The van der Waals surface area contributed by atoms with Gasteiger partial charge in [-0.15, -0.1) is 11.3 Å². The SMILES string of the molecule is Cc1cc(C)c(S(=O)(=O)NCc2ccc(C(=O)c3ccco3)s2)c(C)c1. The number of sulfonamides is 1. The summed E-state index contributed by atoms with van der Waals surface area (Å²) in [5, 5.41) is 0. The number of ketones is 1. The maximum Gasteiger partial charge on any atom is 0.241 e. The lowest BCUT2D eigenvalue weighted by molar-refractivity contribution is 0.101. The van der Waals surface area contributed by atoms with Gasteiger partial charge in [0.25, 0.3) is 0 Å². The number of furan rings is 1. The molecule has 1 N–H and O–H groups in total. The van der Waals surface area contributed by atoms with Crippen LogP contribution in [0.4, 0.5) is 0 Å². The summed E-state index contributed by atoms with van der Waals surface area (Å²) < 4.78 is 33.1. The monoisotopic (exact) mass is 389 g/mol. The molecule has 136 valence electrons. The van der Waals surface area contributed by atoms with Gasteiger partial charge in [-0.3, -0.25) is 4.79 Å². The van der Waals surface area contributed by atoms with E-state index in [4.69, 9.17) is 4.42 Å². The number of benzene rings is 1. The van der Waals surface area contributed by atoms with Gasteiger partial charge in [-0.05, 0) is 56.2 Å². The second-order valence-corrected chi connectivity index (χ2v) is 9.00. The number of carbonyl (C=O) groups is 1. The summed E-state index contributed by atoms with van der Waals surface area (Å²) >= 11 is 1.25. The third kappa shape index (κ3) is 3.80. The van der Waals surface area contributed by atoms with E-state index >= 15 is 0 Å². The van der Waals surface area contributed by atoms with Gasteiger partial charge in [0.15, 0.2) is 5.76 Å². The summed E-state index contributed by atoms with van der Waals surface area (Å²) in [6.45, 7) is 5.65. The lowest BCUT2D eigenvalue weighted by Gasteiger charge is -2.12. The second kappa shape index (κ2) is 7.19. The predicted octanol–water partition coefficient (Wildman–Crippen LogP) is 3.98.